The van der Waals surface area contributed by atoms with Gasteiger partial charge in [0.2, 0.25) is 5.75 Å². The predicted molar refractivity (Wildman–Crippen MR) is 78.3 cm³/mol. The fourth-order valence-corrected chi connectivity index (χ4v) is 2.91. The van der Waals surface area contributed by atoms with Crippen LogP contribution in [0.15, 0.2) is 18.2 Å². The lowest BCUT2D eigenvalue weighted by Gasteiger charge is -2.35. The average molecular weight is 292 g/mol. The standard InChI is InChI=1S/C15H20N2O4/c1-2-6-11-7-3-4-10-16(11)15(19)12-8-5-9-13(14(12)18)17(20)21/h5,8-9,11,18H,2-4,6-7,10H2,1H3. The Morgan fingerprint density at radius 1 is 1.48 bits per heavy atom. The Hall–Kier alpha value is -2.11. The Labute approximate surface area is 123 Å². The molecule has 114 valence electrons. The molecule has 1 aliphatic rings. The van der Waals surface area contributed by atoms with Gasteiger partial charge in [0.15, 0.2) is 0 Å². The molecule has 1 saturated heterocycles. The Morgan fingerprint density at radius 2 is 2.24 bits per heavy atom. The smallest absolute Gasteiger partial charge is 0.311 e. The van der Waals surface area contributed by atoms with Crippen LogP contribution in [0.2, 0.25) is 0 Å². The molecule has 1 unspecified atom stereocenters. The van der Waals surface area contributed by atoms with E-state index in [4.69, 9.17) is 0 Å². The van der Waals surface area contributed by atoms with Crippen LogP contribution in [0.5, 0.6) is 5.75 Å². The van der Waals surface area contributed by atoms with E-state index in [2.05, 4.69) is 6.92 Å². The van der Waals surface area contributed by atoms with Gasteiger partial charge in [0.25, 0.3) is 5.91 Å². The number of phenols is 1. The summed E-state index contributed by atoms with van der Waals surface area (Å²) in [5.41, 5.74) is -0.405. The van der Waals surface area contributed by atoms with Crippen molar-refractivity contribution in [1.29, 1.82) is 0 Å². The molecule has 1 aliphatic heterocycles. The lowest BCUT2D eigenvalue weighted by atomic mass is 9.97. The molecular formula is C15H20N2O4. The number of amides is 1. The molecule has 6 nitrogen and oxygen atoms in total. The first-order valence-corrected chi connectivity index (χ1v) is 7.33. The van der Waals surface area contributed by atoms with Gasteiger partial charge in [0.05, 0.1) is 10.5 Å². The summed E-state index contributed by atoms with van der Waals surface area (Å²) in [5.74, 6) is -0.845. The van der Waals surface area contributed by atoms with E-state index in [1.54, 1.807) is 4.90 Å². The van der Waals surface area contributed by atoms with Crippen molar-refractivity contribution in [2.45, 2.75) is 45.1 Å². The quantitative estimate of drug-likeness (QED) is 0.682. The summed E-state index contributed by atoms with van der Waals surface area (Å²) >= 11 is 0. The van der Waals surface area contributed by atoms with Crippen LogP contribution in [0.4, 0.5) is 5.69 Å². The van der Waals surface area contributed by atoms with Crippen molar-refractivity contribution in [3.63, 3.8) is 0 Å². The van der Waals surface area contributed by atoms with Crippen molar-refractivity contribution in [3.05, 3.63) is 33.9 Å². The van der Waals surface area contributed by atoms with Crippen LogP contribution >= 0.6 is 0 Å². The summed E-state index contributed by atoms with van der Waals surface area (Å²) in [6.07, 6.45) is 4.88. The number of benzene rings is 1. The number of para-hydroxylation sites is 1. The van der Waals surface area contributed by atoms with Crippen LogP contribution in [-0.2, 0) is 0 Å². The van der Waals surface area contributed by atoms with E-state index in [1.807, 2.05) is 0 Å². The summed E-state index contributed by atoms with van der Waals surface area (Å²) < 4.78 is 0. The number of nitro groups is 1. The molecule has 21 heavy (non-hydrogen) atoms. The highest BCUT2D eigenvalue weighted by molar-refractivity contribution is 5.98. The summed E-state index contributed by atoms with van der Waals surface area (Å²) in [6.45, 7) is 2.72. The van der Waals surface area contributed by atoms with Crippen LogP contribution in [0.3, 0.4) is 0 Å². The molecule has 0 saturated carbocycles. The third-order valence-electron chi connectivity index (χ3n) is 3.95. The van der Waals surface area contributed by atoms with Gasteiger partial charge in [-0.25, -0.2) is 0 Å². The lowest BCUT2D eigenvalue weighted by molar-refractivity contribution is -0.385. The molecule has 6 heteroatoms. The second-order valence-electron chi connectivity index (χ2n) is 5.37. The van der Waals surface area contributed by atoms with E-state index in [0.29, 0.717) is 6.54 Å². The van der Waals surface area contributed by atoms with Crippen molar-refractivity contribution in [1.82, 2.24) is 4.90 Å². The molecule has 1 aromatic carbocycles. The first-order valence-electron chi connectivity index (χ1n) is 7.33. The van der Waals surface area contributed by atoms with Crippen LogP contribution in [0, 0.1) is 10.1 Å². The molecular weight excluding hydrogens is 272 g/mol. The predicted octanol–water partition coefficient (Wildman–Crippen LogP) is 3.10. The number of piperidine rings is 1. The van der Waals surface area contributed by atoms with Crippen LogP contribution in [0.1, 0.15) is 49.4 Å². The topological polar surface area (TPSA) is 83.7 Å². The highest BCUT2D eigenvalue weighted by atomic mass is 16.6. The third kappa shape index (κ3) is 3.15. The normalized spacial score (nSPS) is 18.5. The van der Waals surface area contributed by atoms with Crippen molar-refractivity contribution < 1.29 is 14.8 Å². The Morgan fingerprint density at radius 3 is 2.90 bits per heavy atom. The maximum Gasteiger partial charge on any atom is 0.311 e. The number of phenolic OH excluding ortho intramolecular Hbond substituents is 1. The van der Waals surface area contributed by atoms with Crippen LogP contribution < -0.4 is 0 Å². The molecule has 1 heterocycles. The summed E-state index contributed by atoms with van der Waals surface area (Å²) in [5, 5.41) is 20.8. The first kappa shape index (κ1) is 15.3. The lowest BCUT2D eigenvalue weighted by Crippen LogP contribution is -2.43. The van der Waals surface area contributed by atoms with Gasteiger partial charge in [-0.15, -0.1) is 0 Å². The zero-order valence-corrected chi connectivity index (χ0v) is 12.1. The molecule has 1 fully saturated rings. The number of hydrogen-bond acceptors (Lipinski definition) is 4. The molecule has 0 bridgehead atoms. The minimum atomic E-state index is -0.675. The molecule has 0 aromatic heterocycles. The van der Waals surface area contributed by atoms with Crippen LogP contribution in [0.25, 0.3) is 0 Å². The van der Waals surface area contributed by atoms with E-state index in [9.17, 15) is 20.0 Å². The highest BCUT2D eigenvalue weighted by Crippen LogP contribution is 2.32. The number of hydrogen-bond donors (Lipinski definition) is 1. The SMILES string of the molecule is CCCC1CCCCN1C(=O)c1cccc([N+](=O)[O-])c1O. The summed E-state index contributed by atoms with van der Waals surface area (Å²) in [6, 6.07) is 4.24. The van der Waals surface area contributed by atoms with Gasteiger partial charge in [0, 0.05) is 18.7 Å². The Balaban J connectivity index is 2.30. The van der Waals surface area contributed by atoms with E-state index in [-0.39, 0.29) is 17.5 Å². The van der Waals surface area contributed by atoms with E-state index in [0.717, 1.165) is 32.1 Å². The van der Waals surface area contributed by atoms with Gasteiger partial charge in [-0.2, -0.15) is 0 Å². The average Bonchev–Trinajstić information content (AvgIpc) is 2.47. The van der Waals surface area contributed by atoms with Gasteiger partial charge in [-0.1, -0.05) is 19.4 Å². The van der Waals surface area contributed by atoms with Crippen molar-refractivity contribution in [2.75, 3.05) is 6.54 Å². The Bertz CT molecular complexity index is 542. The van der Waals surface area contributed by atoms with E-state index < -0.39 is 16.4 Å². The fourth-order valence-electron chi connectivity index (χ4n) is 2.91. The minimum Gasteiger partial charge on any atom is -0.502 e. The second kappa shape index (κ2) is 6.56. The molecule has 2 rings (SSSR count). The van der Waals surface area contributed by atoms with E-state index in [1.165, 1.54) is 18.2 Å². The molecule has 0 radical (unpaired) electrons. The zero-order chi connectivity index (χ0) is 15.4. The van der Waals surface area contributed by atoms with Gasteiger partial charge >= 0.3 is 5.69 Å². The largest absolute Gasteiger partial charge is 0.502 e. The number of nitro benzene ring substituents is 1. The van der Waals surface area contributed by atoms with Gasteiger partial charge < -0.3 is 10.0 Å². The van der Waals surface area contributed by atoms with E-state index >= 15 is 0 Å². The fraction of sp³-hybridized carbons (Fsp3) is 0.533. The van der Waals surface area contributed by atoms with Crippen LogP contribution in [-0.4, -0.2) is 33.4 Å². The first-order chi connectivity index (χ1) is 10.1. The van der Waals surface area contributed by atoms with Crippen molar-refractivity contribution in [2.24, 2.45) is 0 Å². The van der Waals surface area contributed by atoms with Crippen molar-refractivity contribution in [3.8, 4) is 5.75 Å². The molecule has 1 atom stereocenters. The maximum absolute atomic E-state index is 12.6. The number of rotatable bonds is 4. The number of carbonyl (C=O) groups excluding carboxylic acids is 1. The second-order valence-corrected chi connectivity index (χ2v) is 5.37. The summed E-state index contributed by atoms with van der Waals surface area (Å²) in [7, 11) is 0. The molecule has 0 aliphatic carbocycles. The molecule has 1 amide bonds. The van der Waals surface area contributed by atoms with Crippen molar-refractivity contribution >= 4 is 11.6 Å². The number of likely N-dealkylation sites (tertiary alicyclic amines) is 1. The van der Waals surface area contributed by atoms with Gasteiger partial charge in [-0.05, 0) is 31.7 Å². The maximum atomic E-state index is 12.6. The molecule has 1 N–H and O–H groups in total. The molecule has 1 aromatic rings. The third-order valence-corrected chi connectivity index (χ3v) is 3.95. The van der Waals surface area contributed by atoms with Gasteiger partial charge in [0.1, 0.15) is 0 Å². The summed E-state index contributed by atoms with van der Waals surface area (Å²) in [4.78, 5) is 24.6. The van der Waals surface area contributed by atoms with Gasteiger partial charge in [-0.3, -0.25) is 14.9 Å². The monoisotopic (exact) mass is 292 g/mol. The zero-order valence-electron chi connectivity index (χ0n) is 12.1. The number of carbonyl (C=O) groups is 1. The minimum absolute atomic E-state index is 0.0206. The number of nitrogens with zero attached hydrogens (tertiary/aromatic N) is 2. The Kier molecular flexibility index (Phi) is 4.77. The highest BCUT2D eigenvalue weighted by Gasteiger charge is 2.30. The number of aromatic hydroxyl groups is 1. The molecule has 0 spiro atoms.